The molecule has 0 saturated heterocycles. The van der Waals surface area contributed by atoms with E-state index >= 15 is 0 Å². The SMILES string of the molecule is CC(NC(=O)c1ccc(-n2cccn2)cc1)C1CC1. The first-order chi connectivity index (χ1) is 9.24. The van der Waals surface area contributed by atoms with Gasteiger partial charge in [0.05, 0.1) is 5.69 Å². The van der Waals surface area contributed by atoms with Gasteiger partial charge in [-0.15, -0.1) is 0 Å². The van der Waals surface area contributed by atoms with E-state index in [2.05, 4.69) is 17.3 Å². The summed E-state index contributed by atoms with van der Waals surface area (Å²) in [6.07, 6.45) is 6.08. The van der Waals surface area contributed by atoms with Gasteiger partial charge in [-0.3, -0.25) is 4.79 Å². The Bertz CT molecular complexity index is 556. The fourth-order valence-corrected chi connectivity index (χ4v) is 2.19. The van der Waals surface area contributed by atoms with Gasteiger partial charge in [-0.1, -0.05) is 0 Å². The first-order valence-corrected chi connectivity index (χ1v) is 6.65. The van der Waals surface area contributed by atoms with Crippen molar-refractivity contribution in [2.24, 2.45) is 5.92 Å². The van der Waals surface area contributed by atoms with Crippen molar-refractivity contribution in [1.82, 2.24) is 15.1 Å². The van der Waals surface area contributed by atoms with Crippen molar-refractivity contribution in [2.75, 3.05) is 0 Å². The second-order valence-electron chi connectivity index (χ2n) is 5.10. The van der Waals surface area contributed by atoms with E-state index in [1.54, 1.807) is 10.9 Å². The number of nitrogens with zero attached hydrogens (tertiary/aromatic N) is 2. The van der Waals surface area contributed by atoms with Gasteiger partial charge in [-0.2, -0.15) is 5.10 Å². The lowest BCUT2D eigenvalue weighted by atomic mass is 10.1. The molecule has 2 aromatic rings. The van der Waals surface area contributed by atoms with Gasteiger partial charge in [-0.05, 0) is 56.0 Å². The van der Waals surface area contributed by atoms with Gasteiger partial charge in [0, 0.05) is 24.0 Å². The van der Waals surface area contributed by atoms with Gasteiger partial charge in [0.25, 0.3) is 5.91 Å². The summed E-state index contributed by atoms with van der Waals surface area (Å²) in [6, 6.07) is 9.64. The Morgan fingerprint density at radius 2 is 2.11 bits per heavy atom. The summed E-state index contributed by atoms with van der Waals surface area (Å²) < 4.78 is 1.77. The Morgan fingerprint density at radius 1 is 1.37 bits per heavy atom. The molecule has 1 N–H and O–H groups in total. The van der Waals surface area contributed by atoms with Crippen LogP contribution in [0.25, 0.3) is 5.69 Å². The lowest BCUT2D eigenvalue weighted by molar-refractivity contribution is 0.0936. The Balaban J connectivity index is 1.69. The number of carbonyl (C=O) groups excluding carboxylic acids is 1. The molecule has 4 heteroatoms. The molecule has 98 valence electrons. The number of hydrogen-bond acceptors (Lipinski definition) is 2. The van der Waals surface area contributed by atoms with E-state index in [1.165, 1.54) is 12.8 Å². The molecule has 4 nitrogen and oxygen atoms in total. The molecule has 1 atom stereocenters. The molecule has 1 fully saturated rings. The van der Waals surface area contributed by atoms with Crippen LogP contribution >= 0.6 is 0 Å². The van der Waals surface area contributed by atoms with E-state index in [0.29, 0.717) is 11.5 Å². The molecule has 1 unspecified atom stereocenters. The molecule has 1 heterocycles. The molecule has 1 aliphatic carbocycles. The van der Waals surface area contributed by atoms with Crippen LogP contribution in [-0.2, 0) is 0 Å². The van der Waals surface area contributed by atoms with Crippen molar-refractivity contribution in [3.8, 4) is 5.69 Å². The highest BCUT2D eigenvalue weighted by Crippen LogP contribution is 2.32. The number of carbonyl (C=O) groups is 1. The minimum absolute atomic E-state index is 0.00594. The second-order valence-corrected chi connectivity index (χ2v) is 5.10. The van der Waals surface area contributed by atoms with Gasteiger partial charge < -0.3 is 5.32 Å². The lowest BCUT2D eigenvalue weighted by Gasteiger charge is -2.12. The van der Waals surface area contributed by atoms with Gasteiger partial charge in [0.15, 0.2) is 0 Å². The van der Waals surface area contributed by atoms with Crippen molar-refractivity contribution >= 4 is 5.91 Å². The molecule has 1 aromatic heterocycles. The lowest BCUT2D eigenvalue weighted by Crippen LogP contribution is -2.33. The molecule has 1 aliphatic rings. The third kappa shape index (κ3) is 2.67. The number of hydrogen-bond donors (Lipinski definition) is 1. The minimum Gasteiger partial charge on any atom is -0.349 e. The standard InChI is InChI=1S/C15H17N3O/c1-11(12-3-4-12)17-15(19)13-5-7-14(8-6-13)18-10-2-9-16-18/h2,5-12H,3-4H2,1H3,(H,17,19). The number of aromatic nitrogens is 2. The summed E-state index contributed by atoms with van der Waals surface area (Å²) in [4.78, 5) is 12.1. The average Bonchev–Trinajstić information content (AvgIpc) is 3.14. The first-order valence-electron chi connectivity index (χ1n) is 6.65. The average molecular weight is 255 g/mol. The predicted molar refractivity (Wildman–Crippen MR) is 73.2 cm³/mol. The van der Waals surface area contributed by atoms with Crippen LogP contribution in [0, 0.1) is 5.92 Å². The van der Waals surface area contributed by atoms with Gasteiger partial charge >= 0.3 is 0 Å². The molecule has 1 saturated carbocycles. The summed E-state index contributed by atoms with van der Waals surface area (Å²) in [7, 11) is 0. The highest BCUT2D eigenvalue weighted by Gasteiger charge is 2.28. The van der Waals surface area contributed by atoms with Gasteiger partial charge in [0.2, 0.25) is 0 Å². The minimum atomic E-state index is 0.00594. The molecule has 0 aliphatic heterocycles. The van der Waals surface area contributed by atoms with Crippen LogP contribution in [-0.4, -0.2) is 21.7 Å². The molecule has 1 amide bonds. The number of nitrogens with one attached hydrogen (secondary N) is 1. The van der Waals surface area contributed by atoms with E-state index in [0.717, 1.165) is 5.69 Å². The van der Waals surface area contributed by atoms with Crippen molar-refractivity contribution in [1.29, 1.82) is 0 Å². The van der Waals surface area contributed by atoms with Crippen molar-refractivity contribution in [3.05, 3.63) is 48.3 Å². The predicted octanol–water partition coefficient (Wildman–Crippen LogP) is 2.40. The Morgan fingerprint density at radius 3 is 2.68 bits per heavy atom. The molecule has 0 radical (unpaired) electrons. The van der Waals surface area contributed by atoms with E-state index in [-0.39, 0.29) is 11.9 Å². The van der Waals surface area contributed by atoms with Crippen LogP contribution in [0.3, 0.4) is 0 Å². The fourth-order valence-electron chi connectivity index (χ4n) is 2.19. The molecule has 3 rings (SSSR count). The van der Waals surface area contributed by atoms with Crippen molar-refractivity contribution < 1.29 is 4.79 Å². The quantitative estimate of drug-likeness (QED) is 0.912. The third-order valence-corrected chi connectivity index (χ3v) is 3.59. The summed E-state index contributed by atoms with van der Waals surface area (Å²) in [6.45, 7) is 2.08. The summed E-state index contributed by atoms with van der Waals surface area (Å²) in [5.41, 5.74) is 1.65. The first kappa shape index (κ1) is 12.0. The third-order valence-electron chi connectivity index (χ3n) is 3.59. The molecule has 0 bridgehead atoms. The van der Waals surface area contributed by atoms with Crippen molar-refractivity contribution in [2.45, 2.75) is 25.8 Å². The molecule has 19 heavy (non-hydrogen) atoms. The summed E-state index contributed by atoms with van der Waals surface area (Å²) >= 11 is 0. The van der Waals surface area contributed by atoms with Crippen LogP contribution in [0.1, 0.15) is 30.1 Å². The Kier molecular flexibility index (Phi) is 3.07. The van der Waals surface area contributed by atoms with E-state index in [4.69, 9.17) is 0 Å². The summed E-state index contributed by atoms with van der Waals surface area (Å²) in [5, 5.41) is 7.21. The van der Waals surface area contributed by atoms with E-state index in [9.17, 15) is 4.79 Å². The molecule has 0 spiro atoms. The van der Waals surface area contributed by atoms with Crippen LogP contribution in [0.2, 0.25) is 0 Å². The second kappa shape index (κ2) is 4.88. The van der Waals surface area contributed by atoms with Gasteiger partial charge in [-0.25, -0.2) is 4.68 Å². The highest BCUT2D eigenvalue weighted by atomic mass is 16.1. The zero-order valence-corrected chi connectivity index (χ0v) is 10.9. The number of amides is 1. The zero-order valence-electron chi connectivity index (χ0n) is 10.9. The zero-order chi connectivity index (χ0) is 13.2. The maximum atomic E-state index is 12.1. The highest BCUT2D eigenvalue weighted by molar-refractivity contribution is 5.94. The van der Waals surface area contributed by atoms with E-state index < -0.39 is 0 Å². The molecular weight excluding hydrogens is 238 g/mol. The van der Waals surface area contributed by atoms with E-state index in [1.807, 2.05) is 36.5 Å². The Labute approximate surface area is 112 Å². The molecule has 1 aromatic carbocycles. The number of rotatable bonds is 4. The largest absolute Gasteiger partial charge is 0.349 e. The number of benzene rings is 1. The fraction of sp³-hybridized carbons (Fsp3) is 0.333. The maximum absolute atomic E-state index is 12.1. The van der Waals surface area contributed by atoms with Gasteiger partial charge in [0.1, 0.15) is 0 Å². The topological polar surface area (TPSA) is 46.9 Å². The van der Waals surface area contributed by atoms with Crippen LogP contribution in [0.4, 0.5) is 0 Å². The van der Waals surface area contributed by atoms with Crippen LogP contribution in [0.15, 0.2) is 42.7 Å². The monoisotopic (exact) mass is 255 g/mol. The van der Waals surface area contributed by atoms with Crippen LogP contribution in [0.5, 0.6) is 0 Å². The smallest absolute Gasteiger partial charge is 0.251 e. The molecular formula is C15H17N3O. The summed E-state index contributed by atoms with van der Waals surface area (Å²) in [5.74, 6) is 0.679. The van der Waals surface area contributed by atoms with Crippen LogP contribution < -0.4 is 5.32 Å². The Hall–Kier alpha value is -2.10. The van der Waals surface area contributed by atoms with Crippen molar-refractivity contribution in [3.63, 3.8) is 0 Å². The normalized spacial score (nSPS) is 16.1. The maximum Gasteiger partial charge on any atom is 0.251 e.